The molecule has 4 aromatic rings. The molecule has 2 unspecified atom stereocenters. The monoisotopic (exact) mass is 562 g/mol. The van der Waals surface area contributed by atoms with E-state index in [1.54, 1.807) is 64.1 Å². The zero-order valence-electron chi connectivity index (χ0n) is 22.6. The Balaban J connectivity index is 1.71. The molecule has 0 spiro atoms. The number of nitro groups is 2. The number of ether oxygens (including phenoxy) is 1. The zero-order chi connectivity index (χ0) is 30.1. The van der Waals surface area contributed by atoms with E-state index in [0.29, 0.717) is 22.4 Å². The molecule has 0 amide bonds. The van der Waals surface area contributed by atoms with Crippen LogP contribution in [0.2, 0.25) is 0 Å². The van der Waals surface area contributed by atoms with Crippen molar-refractivity contribution in [1.82, 2.24) is 5.32 Å². The van der Waals surface area contributed by atoms with E-state index < -0.39 is 55.6 Å². The first-order valence-corrected chi connectivity index (χ1v) is 12.6. The standard InChI is InChI=1S/C29H27FN4O7/c1-16(19-13-22(33(37)38)15-23(14-19)34(39)40)31-24(17-8-10-20(30)11-9-17)18-6-5-7-21(12-18)32-25-26(35)27(36)28(25)41-29(2,3)4/h5-16,24,31-32H,1-4H3. The van der Waals surface area contributed by atoms with Crippen molar-refractivity contribution in [2.45, 2.75) is 45.4 Å². The minimum atomic E-state index is -0.718. The van der Waals surface area contributed by atoms with Gasteiger partial charge in [-0.25, -0.2) is 4.39 Å². The highest BCUT2D eigenvalue weighted by atomic mass is 19.1. The van der Waals surface area contributed by atoms with Crippen molar-refractivity contribution in [3.05, 3.63) is 130 Å². The minimum Gasteiger partial charge on any atom is -0.482 e. The van der Waals surface area contributed by atoms with Crippen LogP contribution in [0.4, 0.5) is 27.1 Å². The van der Waals surface area contributed by atoms with Gasteiger partial charge >= 0.3 is 0 Å². The Morgan fingerprint density at radius 1 is 0.829 bits per heavy atom. The fraction of sp³-hybridized carbons (Fsp3) is 0.241. The number of benzene rings is 3. The van der Waals surface area contributed by atoms with Crippen molar-refractivity contribution in [2.75, 3.05) is 5.32 Å². The Labute approximate surface area is 233 Å². The average molecular weight is 563 g/mol. The van der Waals surface area contributed by atoms with E-state index in [0.717, 1.165) is 6.07 Å². The molecule has 0 radical (unpaired) electrons. The van der Waals surface area contributed by atoms with Crippen molar-refractivity contribution >= 4 is 22.7 Å². The van der Waals surface area contributed by atoms with Crippen LogP contribution in [-0.2, 0) is 0 Å². The van der Waals surface area contributed by atoms with Crippen LogP contribution in [0.1, 0.15) is 56.5 Å². The number of hydrogen-bond donors (Lipinski definition) is 2. The van der Waals surface area contributed by atoms with Crippen molar-refractivity contribution in [3.8, 4) is 5.75 Å². The molecule has 4 aromatic carbocycles. The SMILES string of the molecule is CC(NC(c1ccc(F)cc1)c1cccc(Nc2c(OC(C)(C)C)c(=O)c2=O)c1)c1cc([N+](=O)[O-])cc([N+](=O)[O-])c1. The van der Waals surface area contributed by atoms with Gasteiger partial charge in [0, 0.05) is 23.9 Å². The number of nitro benzene ring substituents is 2. The lowest BCUT2D eigenvalue weighted by Gasteiger charge is -2.26. The van der Waals surface area contributed by atoms with E-state index in [1.165, 1.54) is 24.3 Å². The first-order chi connectivity index (χ1) is 19.2. The molecule has 0 aliphatic carbocycles. The number of non-ortho nitro benzene ring substituents is 2. The number of rotatable bonds is 10. The lowest BCUT2D eigenvalue weighted by Crippen LogP contribution is -2.39. The summed E-state index contributed by atoms with van der Waals surface area (Å²) in [7, 11) is 0. The van der Waals surface area contributed by atoms with Gasteiger partial charge in [-0.2, -0.15) is 0 Å². The van der Waals surface area contributed by atoms with Crippen LogP contribution in [0.25, 0.3) is 0 Å². The predicted octanol–water partition coefficient (Wildman–Crippen LogP) is 5.60. The smallest absolute Gasteiger partial charge is 0.276 e. The van der Waals surface area contributed by atoms with Crippen LogP contribution in [0.5, 0.6) is 5.75 Å². The number of hydrogen-bond acceptors (Lipinski definition) is 9. The molecule has 0 heterocycles. The highest BCUT2D eigenvalue weighted by Gasteiger charge is 2.28. The Morgan fingerprint density at radius 3 is 2.00 bits per heavy atom. The third-order valence-corrected chi connectivity index (χ3v) is 6.23. The van der Waals surface area contributed by atoms with E-state index in [4.69, 9.17) is 4.74 Å². The topological polar surface area (TPSA) is 154 Å². The van der Waals surface area contributed by atoms with E-state index in [1.807, 2.05) is 0 Å². The highest BCUT2D eigenvalue weighted by molar-refractivity contribution is 5.70. The molecule has 0 aromatic heterocycles. The lowest BCUT2D eigenvalue weighted by molar-refractivity contribution is -0.394. The second-order valence-corrected chi connectivity index (χ2v) is 10.5. The van der Waals surface area contributed by atoms with E-state index in [9.17, 15) is 34.2 Å². The van der Waals surface area contributed by atoms with Crippen LogP contribution in [0, 0.1) is 26.0 Å². The lowest BCUT2D eigenvalue weighted by atomic mass is 9.96. The summed E-state index contributed by atoms with van der Waals surface area (Å²) in [5.41, 5.74) is -0.857. The summed E-state index contributed by atoms with van der Waals surface area (Å²) in [6.45, 7) is 6.96. The molecule has 0 fully saturated rings. The van der Waals surface area contributed by atoms with Gasteiger partial charge in [0.2, 0.25) is 0 Å². The second-order valence-electron chi connectivity index (χ2n) is 10.5. The normalized spacial score (nSPS) is 13.0. The molecule has 2 atom stereocenters. The van der Waals surface area contributed by atoms with E-state index >= 15 is 0 Å². The Bertz CT molecular complexity index is 1660. The quantitative estimate of drug-likeness (QED) is 0.143. The molecule has 0 aliphatic rings. The number of anilines is 2. The maximum atomic E-state index is 13.8. The molecule has 11 nitrogen and oxygen atoms in total. The summed E-state index contributed by atoms with van der Waals surface area (Å²) in [4.78, 5) is 45.8. The van der Waals surface area contributed by atoms with Crippen LogP contribution in [-0.4, -0.2) is 15.4 Å². The van der Waals surface area contributed by atoms with Crippen LogP contribution >= 0.6 is 0 Å². The molecule has 4 rings (SSSR count). The van der Waals surface area contributed by atoms with Crippen LogP contribution in [0.15, 0.2) is 76.3 Å². The van der Waals surface area contributed by atoms with Gasteiger partial charge in [0.1, 0.15) is 17.1 Å². The number of nitrogens with zero attached hydrogens (tertiary/aromatic N) is 2. The van der Waals surface area contributed by atoms with E-state index in [2.05, 4.69) is 10.6 Å². The first kappa shape index (κ1) is 29.0. The summed E-state index contributed by atoms with van der Waals surface area (Å²) in [5, 5.41) is 29.1. The van der Waals surface area contributed by atoms with Gasteiger partial charge in [0.25, 0.3) is 22.2 Å². The number of halogens is 1. The predicted molar refractivity (Wildman–Crippen MR) is 151 cm³/mol. The highest BCUT2D eigenvalue weighted by Crippen LogP contribution is 2.32. The van der Waals surface area contributed by atoms with Gasteiger partial charge in [-0.05, 0) is 68.7 Å². The second kappa shape index (κ2) is 11.3. The molecule has 0 bridgehead atoms. The molecule has 0 aliphatic heterocycles. The van der Waals surface area contributed by atoms with Crippen LogP contribution < -0.4 is 26.2 Å². The van der Waals surface area contributed by atoms with Crippen molar-refractivity contribution in [3.63, 3.8) is 0 Å². The summed E-state index contributed by atoms with van der Waals surface area (Å²) < 4.78 is 19.4. The molecular weight excluding hydrogens is 535 g/mol. The van der Waals surface area contributed by atoms with Gasteiger partial charge in [-0.3, -0.25) is 35.1 Å². The molecular formula is C29H27FN4O7. The third kappa shape index (κ3) is 6.61. The van der Waals surface area contributed by atoms with Crippen molar-refractivity contribution in [2.24, 2.45) is 0 Å². The Morgan fingerprint density at radius 2 is 1.44 bits per heavy atom. The first-order valence-electron chi connectivity index (χ1n) is 12.6. The summed E-state index contributed by atoms with van der Waals surface area (Å²) in [5.74, 6) is -0.501. The Kier molecular flexibility index (Phi) is 7.97. The van der Waals surface area contributed by atoms with Gasteiger partial charge in [-0.15, -0.1) is 0 Å². The van der Waals surface area contributed by atoms with Gasteiger partial charge < -0.3 is 10.1 Å². The fourth-order valence-corrected chi connectivity index (χ4v) is 4.29. The maximum Gasteiger partial charge on any atom is 0.276 e. The van der Waals surface area contributed by atoms with Gasteiger partial charge in [0.05, 0.1) is 22.0 Å². The van der Waals surface area contributed by atoms with Gasteiger partial charge in [0.15, 0.2) is 5.75 Å². The van der Waals surface area contributed by atoms with Crippen molar-refractivity contribution < 1.29 is 19.0 Å². The fourth-order valence-electron chi connectivity index (χ4n) is 4.29. The number of nitrogens with one attached hydrogen (secondary N) is 2. The summed E-state index contributed by atoms with van der Waals surface area (Å²) in [6.07, 6.45) is 0. The third-order valence-electron chi connectivity index (χ3n) is 6.23. The summed E-state index contributed by atoms with van der Waals surface area (Å²) in [6, 6.07) is 14.8. The Hall–Kier alpha value is -4.97. The van der Waals surface area contributed by atoms with Crippen LogP contribution in [0.3, 0.4) is 0 Å². The van der Waals surface area contributed by atoms with Gasteiger partial charge in [-0.1, -0.05) is 24.3 Å². The average Bonchev–Trinajstić information content (AvgIpc) is 2.93. The van der Waals surface area contributed by atoms with Crippen molar-refractivity contribution in [1.29, 1.82) is 0 Å². The molecule has 41 heavy (non-hydrogen) atoms. The molecule has 212 valence electrons. The summed E-state index contributed by atoms with van der Waals surface area (Å²) >= 11 is 0. The maximum absolute atomic E-state index is 13.8. The largest absolute Gasteiger partial charge is 0.482 e. The molecule has 12 heteroatoms. The molecule has 0 saturated carbocycles. The van der Waals surface area contributed by atoms with E-state index in [-0.39, 0.29) is 11.4 Å². The zero-order valence-corrected chi connectivity index (χ0v) is 22.6. The minimum absolute atomic E-state index is 0.0330. The molecule has 0 saturated heterocycles. The molecule has 2 N–H and O–H groups in total.